The van der Waals surface area contributed by atoms with Gasteiger partial charge in [-0.25, -0.2) is 4.39 Å². The summed E-state index contributed by atoms with van der Waals surface area (Å²) in [5.74, 6) is -0.0677. The number of carbonyl (C=O) groups is 1. The minimum absolute atomic E-state index is 0.219. The summed E-state index contributed by atoms with van der Waals surface area (Å²) < 4.78 is 12.6. The number of benzene rings is 1. The van der Waals surface area contributed by atoms with Crippen molar-refractivity contribution in [1.82, 2.24) is 5.32 Å². The third-order valence-electron chi connectivity index (χ3n) is 2.62. The van der Waals surface area contributed by atoms with Crippen molar-refractivity contribution in [2.75, 3.05) is 6.54 Å². The van der Waals surface area contributed by atoms with Gasteiger partial charge < -0.3 is 11.1 Å². The average Bonchev–Trinajstić information content (AvgIpc) is 2.29. The van der Waals surface area contributed by atoms with Crippen molar-refractivity contribution in [2.24, 2.45) is 11.7 Å². The van der Waals surface area contributed by atoms with Gasteiger partial charge in [0.25, 0.3) is 0 Å². The lowest BCUT2D eigenvalue weighted by atomic mass is 10.1. The van der Waals surface area contributed by atoms with Gasteiger partial charge in [-0.2, -0.15) is 0 Å². The van der Waals surface area contributed by atoms with E-state index in [-0.39, 0.29) is 11.7 Å². The van der Waals surface area contributed by atoms with Crippen LogP contribution in [-0.4, -0.2) is 12.5 Å². The number of halogens is 1. The first-order valence-electron chi connectivity index (χ1n) is 5.81. The maximum absolute atomic E-state index is 12.6. The lowest BCUT2D eigenvalue weighted by Crippen LogP contribution is -2.22. The molecule has 0 aliphatic heterocycles. The molecule has 0 radical (unpaired) electrons. The smallest absolute Gasteiger partial charge is 0.217 e. The predicted molar refractivity (Wildman–Crippen MR) is 65.7 cm³/mol. The molecule has 0 aliphatic carbocycles. The zero-order valence-corrected chi connectivity index (χ0v) is 10.1. The molecular weight excluding hydrogens is 219 g/mol. The van der Waals surface area contributed by atoms with Crippen LogP contribution in [0.4, 0.5) is 4.39 Å². The zero-order valence-electron chi connectivity index (χ0n) is 10.1. The summed E-state index contributed by atoms with van der Waals surface area (Å²) in [4.78, 5) is 10.6. The monoisotopic (exact) mass is 238 g/mol. The maximum Gasteiger partial charge on any atom is 0.217 e. The Balaban J connectivity index is 2.18. The molecule has 0 fully saturated rings. The van der Waals surface area contributed by atoms with Crippen LogP contribution in [0.25, 0.3) is 0 Å². The van der Waals surface area contributed by atoms with Gasteiger partial charge >= 0.3 is 0 Å². The van der Waals surface area contributed by atoms with Crippen molar-refractivity contribution >= 4 is 5.91 Å². The predicted octanol–water partition coefficient (Wildman–Crippen LogP) is 1.82. The molecule has 0 saturated heterocycles. The molecule has 1 unspecified atom stereocenters. The fourth-order valence-corrected chi connectivity index (χ4v) is 1.56. The summed E-state index contributed by atoms with van der Waals surface area (Å²) in [5, 5.41) is 3.27. The van der Waals surface area contributed by atoms with E-state index >= 15 is 0 Å². The van der Waals surface area contributed by atoms with Crippen molar-refractivity contribution in [3.05, 3.63) is 35.6 Å². The number of rotatable bonds is 7. The SMILES string of the molecule is CC(CCC(N)=O)CNCc1ccc(F)cc1. The molecule has 0 heterocycles. The van der Waals surface area contributed by atoms with Gasteiger partial charge in [0.1, 0.15) is 5.82 Å². The van der Waals surface area contributed by atoms with Gasteiger partial charge in [-0.3, -0.25) is 4.79 Å². The molecule has 0 aromatic heterocycles. The Labute approximate surface area is 101 Å². The van der Waals surface area contributed by atoms with Crippen LogP contribution < -0.4 is 11.1 Å². The molecule has 3 nitrogen and oxygen atoms in total. The number of hydrogen-bond donors (Lipinski definition) is 2. The first kappa shape index (κ1) is 13.6. The third kappa shape index (κ3) is 6.02. The minimum Gasteiger partial charge on any atom is -0.370 e. The molecule has 1 rings (SSSR count). The van der Waals surface area contributed by atoms with Crippen LogP contribution in [0.15, 0.2) is 24.3 Å². The van der Waals surface area contributed by atoms with Gasteiger partial charge in [0, 0.05) is 13.0 Å². The quantitative estimate of drug-likeness (QED) is 0.761. The standard InChI is InChI=1S/C13H19FN2O/c1-10(2-7-13(15)17)8-16-9-11-3-5-12(14)6-4-11/h3-6,10,16H,2,7-9H2,1H3,(H2,15,17). The van der Waals surface area contributed by atoms with Crippen molar-refractivity contribution in [1.29, 1.82) is 0 Å². The second-order valence-electron chi connectivity index (χ2n) is 4.37. The van der Waals surface area contributed by atoms with E-state index in [0.717, 1.165) is 18.5 Å². The summed E-state index contributed by atoms with van der Waals surface area (Å²) in [5.41, 5.74) is 6.13. The van der Waals surface area contributed by atoms with Crippen LogP contribution in [0, 0.1) is 11.7 Å². The van der Waals surface area contributed by atoms with Gasteiger partial charge in [-0.1, -0.05) is 19.1 Å². The molecule has 1 aromatic carbocycles. The van der Waals surface area contributed by atoms with Crippen LogP contribution in [0.1, 0.15) is 25.3 Å². The number of carbonyl (C=O) groups excluding carboxylic acids is 1. The number of nitrogens with one attached hydrogen (secondary N) is 1. The maximum atomic E-state index is 12.6. The normalized spacial score (nSPS) is 12.4. The van der Waals surface area contributed by atoms with E-state index in [4.69, 9.17) is 5.73 Å². The zero-order chi connectivity index (χ0) is 12.7. The van der Waals surface area contributed by atoms with Crippen molar-refractivity contribution < 1.29 is 9.18 Å². The lowest BCUT2D eigenvalue weighted by Gasteiger charge is -2.11. The summed E-state index contributed by atoms with van der Waals surface area (Å²) in [6, 6.07) is 6.42. The number of hydrogen-bond acceptors (Lipinski definition) is 2. The van der Waals surface area contributed by atoms with Crippen LogP contribution >= 0.6 is 0 Å². The van der Waals surface area contributed by atoms with Crippen LogP contribution in [0.5, 0.6) is 0 Å². The van der Waals surface area contributed by atoms with E-state index in [1.54, 1.807) is 12.1 Å². The van der Waals surface area contributed by atoms with Gasteiger partial charge in [0.05, 0.1) is 0 Å². The molecule has 1 atom stereocenters. The second-order valence-corrected chi connectivity index (χ2v) is 4.37. The van der Waals surface area contributed by atoms with Crippen LogP contribution in [-0.2, 0) is 11.3 Å². The summed E-state index contributed by atoms with van der Waals surface area (Å²) in [7, 11) is 0. The Bertz CT molecular complexity index is 351. The number of nitrogens with two attached hydrogens (primary N) is 1. The number of primary amides is 1. The highest BCUT2D eigenvalue weighted by Gasteiger charge is 2.04. The van der Waals surface area contributed by atoms with E-state index in [9.17, 15) is 9.18 Å². The van der Waals surface area contributed by atoms with E-state index < -0.39 is 0 Å². The van der Waals surface area contributed by atoms with Crippen LogP contribution in [0.2, 0.25) is 0 Å². The molecule has 4 heteroatoms. The molecule has 3 N–H and O–H groups in total. The lowest BCUT2D eigenvalue weighted by molar-refractivity contribution is -0.118. The van der Waals surface area contributed by atoms with Gasteiger partial charge in [-0.05, 0) is 36.6 Å². The summed E-state index contributed by atoms with van der Waals surface area (Å²) >= 11 is 0. The fraction of sp³-hybridized carbons (Fsp3) is 0.462. The average molecular weight is 238 g/mol. The highest BCUT2D eigenvalue weighted by molar-refractivity contribution is 5.73. The van der Waals surface area contributed by atoms with E-state index in [1.165, 1.54) is 12.1 Å². The number of amides is 1. The van der Waals surface area contributed by atoms with Crippen molar-refractivity contribution in [3.63, 3.8) is 0 Å². The van der Waals surface area contributed by atoms with Crippen LogP contribution in [0.3, 0.4) is 0 Å². The minimum atomic E-state index is -0.254. The summed E-state index contributed by atoms with van der Waals surface area (Å²) in [6.45, 7) is 3.60. The Kier molecular flexibility index (Phi) is 5.63. The van der Waals surface area contributed by atoms with Gasteiger partial charge in [0.2, 0.25) is 5.91 Å². The second kappa shape index (κ2) is 7.01. The summed E-state index contributed by atoms with van der Waals surface area (Å²) in [6.07, 6.45) is 1.23. The van der Waals surface area contributed by atoms with Crippen molar-refractivity contribution in [2.45, 2.75) is 26.3 Å². The molecule has 17 heavy (non-hydrogen) atoms. The molecular formula is C13H19FN2O. The fourth-order valence-electron chi connectivity index (χ4n) is 1.56. The molecule has 0 aliphatic rings. The van der Waals surface area contributed by atoms with E-state index in [1.807, 2.05) is 0 Å². The Morgan fingerprint density at radius 2 is 2.06 bits per heavy atom. The Morgan fingerprint density at radius 1 is 1.41 bits per heavy atom. The first-order valence-corrected chi connectivity index (χ1v) is 5.81. The molecule has 1 aromatic rings. The van der Waals surface area contributed by atoms with Gasteiger partial charge in [0.15, 0.2) is 0 Å². The largest absolute Gasteiger partial charge is 0.370 e. The first-order chi connectivity index (χ1) is 8.08. The third-order valence-corrected chi connectivity index (χ3v) is 2.62. The van der Waals surface area contributed by atoms with Gasteiger partial charge in [-0.15, -0.1) is 0 Å². The Hall–Kier alpha value is -1.42. The van der Waals surface area contributed by atoms with Crippen molar-refractivity contribution in [3.8, 4) is 0 Å². The molecule has 0 bridgehead atoms. The topological polar surface area (TPSA) is 55.1 Å². The molecule has 1 amide bonds. The van der Waals surface area contributed by atoms with E-state index in [2.05, 4.69) is 12.2 Å². The van der Waals surface area contributed by atoms with E-state index in [0.29, 0.717) is 18.9 Å². The molecule has 0 spiro atoms. The highest BCUT2D eigenvalue weighted by Crippen LogP contribution is 2.05. The molecule has 94 valence electrons. The highest BCUT2D eigenvalue weighted by atomic mass is 19.1. The molecule has 0 saturated carbocycles. The Morgan fingerprint density at radius 3 is 2.65 bits per heavy atom.